The van der Waals surface area contributed by atoms with Gasteiger partial charge in [-0.2, -0.15) is 0 Å². The van der Waals surface area contributed by atoms with E-state index >= 15 is 0 Å². The number of halogens is 1. The van der Waals surface area contributed by atoms with Crippen molar-refractivity contribution in [1.82, 2.24) is 0 Å². The Balaban J connectivity index is 1.93. The Morgan fingerprint density at radius 3 is 2.50 bits per heavy atom. The summed E-state index contributed by atoms with van der Waals surface area (Å²) in [6, 6.07) is 10.8. The zero-order chi connectivity index (χ0) is 16.1. The Morgan fingerprint density at radius 1 is 1.18 bits per heavy atom. The van der Waals surface area contributed by atoms with Crippen LogP contribution in [0.25, 0.3) is 0 Å². The van der Waals surface area contributed by atoms with Crippen LogP contribution in [0.15, 0.2) is 36.4 Å². The summed E-state index contributed by atoms with van der Waals surface area (Å²) in [5.41, 5.74) is 2.97. The maximum atomic E-state index is 11.2. The average Bonchev–Trinajstić information content (AvgIpc) is 2.43. The monoisotopic (exact) mass is 319 g/mol. The smallest absolute Gasteiger partial charge is 0.337 e. The molecule has 5 heteroatoms. The molecule has 2 N–H and O–H groups in total. The largest absolute Gasteiger partial charge is 0.492 e. The summed E-state index contributed by atoms with van der Waals surface area (Å²) >= 11 is 5.82. The number of anilines is 1. The van der Waals surface area contributed by atoms with E-state index in [1.807, 2.05) is 26.0 Å². The van der Waals surface area contributed by atoms with Crippen LogP contribution in [-0.4, -0.2) is 24.2 Å². The highest BCUT2D eigenvalue weighted by Crippen LogP contribution is 2.21. The minimum atomic E-state index is -1.01. The number of rotatable bonds is 6. The second kappa shape index (κ2) is 7.18. The molecular formula is C17H18ClNO3. The van der Waals surface area contributed by atoms with E-state index < -0.39 is 5.97 Å². The van der Waals surface area contributed by atoms with Gasteiger partial charge >= 0.3 is 5.97 Å². The molecule has 0 amide bonds. The Hall–Kier alpha value is -2.20. The molecular weight excluding hydrogens is 302 g/mol. The lowest BCUT2D eigenvalue weighted by Crippen LogP contribution is -2.14. The van der Waals surface area contributed by atoms with Crippen molar-refractivity contribution in [1.29, 1.82) is 0 Å². The lowest BCUT2D eigenvalue weighted by atomic mass is 10.1. The number of aryl methyl sites for hydroxylation is 2. The van der Waals surface area contributed by atoms with Crippen molar-refractivity contribution >= 4 is 23.3 Å². The third-order valence-electron chi connectivity index (χ3n) is 3.09. The summed E-state index contributed by atoms with van der Waals surface area (Å²) in [5.74, 6) is -0.200. The molecule has 0 aromatic heterocycles. The van der Waals surface area contributed by atoms with E-state index in [1.165, 1.54) is 6.07 Å². The number of hydrogen-bond acceptors (Lipinski definition) is 3. The van der Waals surface area contributed by atoms with Crippen LogP contribution in [0, 0.1) is 13.8 Å². The van der Waals surface area contributed by atoms with Crippen molar-refractivity contribution < 1.29 is 14.6 Å². The lowest BCUT2D eigenvalue weighted by Gasteiger charge is -2.12. The number of ether oxygens (including phenoxy) is 1. The number of carboxylic acids is 1. The number of nitrogens with one attached hydrogen (secondary N) is 1. The lowest BCUT2D eigenvalue weighted by molar-refractivity contribution is 0.0698. The van der Waals surface area contributed by atoms with E-state index in [9.17, 15) is 4.79 Å². The maximum absolute atomic E-state index is 11.2. The van der Waals surface area contributed by atoms with Crippen molar-refractivity contribution in [2.45, 2.75) is 13.8 Å². The van der Waals surface area contributed by atoms with Gasteiger partial charge in [-0.3, -0.25) is 0 Å². The van der Waals surface area contributed by atoms with Gasteiger partial charge in [0, 0.05) is 17.3 Å². The van der Waals surface area contributed by atoms with Gasteiger partial charge in [0.25, 0.3) is 0 Å². The molecule has 0 atom stereocenters. The zero-order valence-electron chi connectivity index (χ0n) is 12.5. The summed E-state index contributed by atoms with van der Waals surface area (Å²) in [4.78, 5) is 11.2. The van der Waals surface area contributed by atoms with Gasteiger partial charge in [0.1, 0.15) is 12.4 Å². The van der Waals surface area contributed by atoms with Crippen LogP contribution < -0.4 is 10.1 Å². The molecule has 4 nitrogen and oxygen atoms in total. The number of benzene rings is 2. The van der Waals surface area contributed by atoms with Crippen molar-refractivity contribution in [3.63, 3.8) is 0 Å². The molecule has 0 unspecified atom stereocenters. The molecule has 0 aliphatic rings. The van der Waals surface area contributed by atoms with Gasteiger partial charge in [0.2, 0.25) is 0 Å². The van der Waals surface area contributed by atoms with Crippen LogP contribution in [0.4, 0.5) is 5.69 Å². The highest BCUT2D eigenvalue weighted by atomic mass is 35.5. The molecule has 0 aliphatic heterocycles. The first-order chi connectivity index (χ1) is 10.5. The van der Waals surface area contributed by atoms with Gasteiger partial charge in [-0.15, -0.1) is 0 Å². The van der Waals surface area contributed by atoms with Gasteiger partial charge in [-0.05, 0) is 55.3 Å². The summed E-state index contributed by atoms with van der Waals surface area (Å²) < 4.78 is 5.68. The van der Waals surface area contributed by atoms with Crippen molar-refractivity contribution in [2.75, 3.05) is 18.5 Å². The molecule has 116 valence electrons. The fraction of sp³-hybridized carbons (Fsp3) is 0.235. The zero-order valence-corrected chi connectivity index (χ0v) is 13.3. The van der Waals surface area contributed by atoms with E-state index in [2.05, 4.69) is 11.4 Å². The molecule has 0 fully saturated rings. The third kappa shape index (κ3) is 4.40. The van der Waals surface area contributed by atoms with Gasteiger partial charge in [0.15, 0.2) is 0 Å². The normalized spacial score (nSPS) is 10.3. The van der Waals surface area contributed by atoms with Crippen LogP contribution >= 0.6 is 11.6 Å². The van der Waals surface area contributed by atoms with E-state index in [-0.39, 0.29) is 5.56 Å². The first kappa shape index (κ1) is 16.2. The Kier molecular flexibility index (Phi) is 5.28. The van der Waals surface area contributed by atoms with Crippen LogP contribution in [0.3, 0.4) is 0 Å². The van der Waals surface area contributed by atoms with Crippen LogP contribution in [0.1, 0.15) is 21.5 Å². The van der Waals surface area contributed by atoms with E-state index in [0.29, 0.717) is 23.9 Å². The minimum absolute atomic E-state index is 0.152. The summed E-state index contributed by atoms with van der Waals surface area (Å²) in [6.45, 7) is 4.97. The molecule has 0 aliphatic carbocycles. The molecule has 0 radical (unpaired) electrons. The van der Waals surface area contributed by atoms with Gasteiger partial charge in [-0.1, -0.05) is 17.7 Å². The number of carbonyl (C=O) groups is 1. The maximum Gasteiger partial charge on any atom is 0.337 e. The molecule has 0 saturated heterocycles. The molecule has 22 heavy (non-hydrogen) atoms. The second-order valence-corrected chi connectivity index (χ2v) is 5.53. The highest BCUT2D eigenvalue weighted by molar-refractivity contribution is 6.31. The number of aromatic carboxylic acids is 1. The Morgan fingerprint density at radius 2 is 1.86 bits per heavy atom. The topological polar surface area (TPSA) is 58.6 Å². The van der Waals surface area contributed by atoms with Crippen LogP contribution in [0.2, 0.25) is 5.02 Å². The summed E-state index contributed by atoms with van der Waals surface area (Å²) in [6.07, 6.45) is 0. The molecule has 0 spiro atoms. The molecule has 0 saturated carbocycles. The van der Waals surface area contributed by atoms with Crippen LogP contribution in [0.5, 0.6) is 5.75 Å². The molecule has 2 aromatic carbocycles. The summed E-state index contributed by atoms with van der Waals surface area (Å²) in [5, 5.41) is 12.6. The first-order valence-electron chi connectivity index (χ1n) is 6.93. The number of hydrogen-bond donors (Lipinski definition) is 2. The number of carboxylic acid groups (broad SMARTS) is 1. The van der Waals surface area contributed by atoms with Gasteiger partial charge in [0.05, 0.1) is 5.56 Å². The predicted molar refractivity (Wildman–Crippen MR) is 88.3 cm³/mol. The molecule has 2 rings (SSSR count). The average molecular weight is 320 g/mol. The predicted octanol–water partition coefficient (Wildman–Crippen LogP) is 4.15. The Labute approximate surface area is 134 Å². The molecule has 0 heterocycles. The van der Waals surface area contributed by atoms with Gasteiger partial charge < -0.3 is 15.2 Å². The second-order valence-electron chi connectivity index (χ2n) is 5.09. The Bertz CT molecular complexity index is 665. The van der Waals surface area contributed by atoms with Crippen molar-refractivity contribution in [2.24, 2.45) is 0 Å². The molecule has 0 bridgehead atoms. The van der Waals surface area contributed by atoms with E-state index in [0.717, 1.165) is 16.9 Å². The van der Waals surface area contributed by atoms with Crippen LogP contribution in [-0.2, 0) is 0 Å². The van der Waals surface area contributed by atoms with E-state index in [1.54, 1.807) is 12.1 Å². The quantitative estimate of drug-likeness (QED) is 0.785. The standard InChI is InChI=1S/C17H18ClNO3/c1-11-7-12(2)9-14(8-11)22-6-5-19-16-4-3-13(18)10-15(16)17(20)21/h3-4,7-10,19H,5-6H2,1-2H3,(H,20,21). The van der Waals surface area contributed by atoms with Crippen molar-refractivity contribution in [3.8, 4) is 5.75 Å². The minimum Gasteiger partial charge on any atom is -0.492 e. The fourth-order valence-corrected chi connectivity index (χ4v) is 2.39. The third-order valence-corrected chi connectivity index (χ3v) is 3.33. The first-order valence-corrected chi connectivity index (χ1v) is 7.31. The highest BCUT2D eigenvalue weighted by Gasteiger charge is 2.10. The summed E-state index contributed by atoms with van der Waals surface area (Å²) in [7, 11) is 0. The SMILES string of the molecule is Cc1cc(C)cc(OCCNc2ccc(Cl)cc2C(=O)O)c1. The van der Waals surface area contributed by atoms with E-state index in [4.69, 9.17) is 21.4 Å². The fourth-order valence-electron chi connectivity index (χ4n) is 2.22. The molecule has 2 aromatic rings. The van der Waals surface area contributed by atoms with Crippen molar-refractivity contribution in [3.05, 3.63) is 58.1 Å². The van der Waals surface area contributed by atoms with Gasteiger partial charge in [-0.25, -0.2) is 4.79 Å².